The number of amides is 2. The number of piperidine rings is 1. The molecule has 0 aromatic heterocycles. The van der Waals surface area contributed by atoms with Gasteiger partial charge in [0.2, 0.25) is 11.8 Å². The van der Waals surface area contributed by atoms with Gasteiger partial charge in [-0.15, -0.1) is 11.8 Å². The molecule has 0 bridgehead atoms. The van der Waals surface area contributed by atoms with Gasteiger partial charge in [-0.1, -0.05) is 6.07 Å². The third kappa shape index (κ3) is 5.23. The Morgan fingerprint density at radius 3 is 2.67 bits per heavy atom. The number of non-ortho nitro benzene ring substituents is 1. The summed E-state index contributed by atoms with van der Waals surface area (Å²) in [5, 5.41) is 13.5. The quantitative estimate of drug-likeness (QED) is 0.482. The molecule has 0 aliphatic carbocycles. The molecule has 8 heteroatoms. The first-order chi connectivity index (χ1) is 11.5. The van der Waals surface area contributed by atoms with E-state index in [0.717, 1.165) is 32.4 Å². The van der Waals surface area contributed by atoms with Gasteiger partial charge in [-0.25, -0.2) is 0 Å². The number of likely N-dealkylation sites (tertiary alicyclic amines) is 1. The summed E-state index contributed by atoms with van der Waals surface area (Å²) < 4.78 is 0. The molecule has 0 radical (unpaired) electrons. The summed E-state index contributed by atoms with van der Waals surface area (Å²) in [5.41, 5.74) is 0.0124. The molecule has 1 aromatic rings. The van der Waals surface area contributed by atoms with Crippen LogP contribution in [-0.2, 0) is 9.59 Å². The van der Waals surface area contributed by atoms with Crippen LogP contribution >= 0.6 is 11.8 Å². The molecule has 0 saturated carbocycles. The van der Waals surface area contributed by atoms with Crippen LogP contribution in [0.5, 0.6) is 0 Å². The molecule has 0 spiro atoms. The van der Waals surface area contributed by atoms with Crippen LogP contribution in [0.2, 0.25) is 0 Å². The summed E-state index contributed by atoms with van der Waals surface area (Å²) in [5.74, 6) is 0.00336. The van der Waals surface area contributed by atoms with E-state index in [-0.39, 0.29) is 17.5 Å². The summed E-state index contributed by atoms with van der Waals surface area (Å²) in [7, 11) is 0. The van der Waals surface area contributed by atoms with Crippen LogP contribution in [0, 0.1) is 10.1 Å². The van der Waals surface area contributed by atoms with Gasteiger partial charge in [0.1, 0.15) is 6.04 Å². The number of carbonyl (C=O) groups excluding carboxylic acids is 2. The number of nitro groups is 1. The Morgan fingerprint density at radius 2 is 2.04 bits per heavy atom. The van der Waals surface area contributed by atoms with Crippen molar-refractivity contribution in [3.63, 3.8) is 0 Å². The predicted octanol–water partition coefficient (Wildman–Crippen LogP) is 2.20. The van der Waals surface area contributed by atoms with E-state index in [0.29, 0.717) is 10.6 Å². The largest absolute Gasteiger partial charge is 0.344 e. The Morgan fingerprint density at radius 1 is 1.33 bits per heavy atom. The highest BCUT2D eigenvalue weighted by Gasteiger charge is 2.26. The fourth-order valence-corrected chi connectivity index (χ4v) is 3.59. The van der Waals surface area contributed by atoms with E-state index >= 15 is 0 Å². The van der Waals surface area contributed by atoms with Crippen LogP contribution in [0.3, 0.4) is 0 Å². The summed E-state index contributed by atoms with van der Waals surface area (Å²) >= 11 is 1.33. The zero-order valence-electron chi connectivity index (χ0n) is 13.6. The lowest BCUT2D eigenvalue weighted by Gasteiger charge is -2.30. The molecule has 1 heterocycles. The highest BCUT2D eigenvalue weighted by molar-refractivity contribution is 7.99. The SMILES string of the molecule is CC(=O)NC(CSc1cccc([N+](=O)[O-])c1)C(=O)N1CCCCC1. The highest BCUT2D eigenvalue weighted by atomic mass is 32.2. The average Bonchev–Trinajstić information content (AvgIpc) is 2.58. The molecule has 7 nitrogen and oxygen atoms in total. The van der Waals surface area contributed by atoms with E-state index in [1.807, 2.05) is 0 Å². The maximum absolute atomic E-state index is 12.6. The first-order valence-corrected chi connectivity index (χ1v) is 8.89. The van der Waals surface area contributed by atoms with Gasteiger partial charge in [0.05, 0.1) is 4.92 Å². The first-order valence-electron chi connectivity index (χ1n) is 7.90. The van der Waals surface area contributed by atoms with Crippen molar-refractivity contribution in [1.82, 2.24) is 10.2 Å². The number of thioether (sulfide) groups is 1. The molecule has 24 heavy (non-hydrogen) atoms. The Labute approximate surface area is 144 Å². The lowest BCUT2D eigenvalue weighted by molar-refractivity contribution is -0.385. The van der Waals surface area contributed by atoms with Crippen molar-refractivity contribution in [3.05, 3.63) is 34.4 Å². The summed E-state index contributed by atoms with van der Waals surface area (Å²) in [4.78, 5) is 36.9. The molecule has 2 amide bonds. The van der Waals surface area contributed by atoms with Crippen molar-refractivity contribution in [2.75, 3.05) is 18.8 Å². The van der Waals surface area contributed by atoms with Gasteiger partial charge in [-0.05, 0) is 25.3 Å². The molecule has 1 aliphatic rings. The average molecular weight is 351 g/mol. The summed E-state index contributed by atoms with van der Waals surface area (Å²) in [6, 6.07) is 5.65. The van der Waals surface area contributed by atoms with Crippen molar-refractivity contribution in [3.8, 4) is 0 Å². The van der Waals surface area contributed by atoms with Gasteiger partial charge in [0, 0.05) is 42.8 Å². The van der Waals surface area contributed by atoms with Gasteiger partial charge in [0.15, 0.2) is 0 Å². The number of nitrogens with zero attached hydrogens (tertiary/aromatic N) is 2. The van der Waals surface area contributed by atoms with E-state index in [2.05, 4.69) is 5.32 Å². The number of hydrogen-bond acceptors (Lipinski definition) is 5. The number of carbonyl (C=O) groups is 2. The van der Waals surface area contributed by atoms with Gasteiger partial charge in [-0.2, -0.15) is 0 Å². The minimum absolute atomic E-state index is 0.0124. The summed E-state index contributed by atoms with van der Waals surface area (Å²) in [6.45, 7) is 2.82. The van der Waals surface area contributed by atoms with E-state index in [1.54, 1.807) is 17.0 Å². The third-order valence-corrected chi connectivity index (χ3v) is 4.88. The Kier molecular flexibility index (Phi) is 6.60. The lowest BCUT2D eigenvalue weighted by atomic mass is 10.1. The molecule has 1 aliphatic heterocycles. The molecule has 1 aromatic carbocycles. The number of rotatable bonds is 6. The van der Waals surface area contributed by atoms with E-state index in [1.165, 1.54) is 30.8 Å². The van der Waals surface area contributed by atoms with Gasteiger partial charge in [-0.3, -0.25) is 19.7 Å². The van der Waals surface area contributed by atoms with Gasteiger partial charge in [0.25, 0.3) is 5.69 Å². The van der Waals surface area contributed by atoms with Crippen LogP contribution < -0.4 is 5.32 Å². The van der Waals surface area contributed by atoms with Crippen molar-refractivity contribution in [2.24, 2.45) is 0 Å². The Balaban J connectivity index is 2.02. The maximum Gasteiger partial charge on any atom is 0.270 e. The second-order valence-electron chi connectivity index (χ2n) is 5.70. The highest BCUT2D eigenvalue weighted by Crippen LogP contribution is 2.24. The number of hydrogen-bond donors (Lipinski definition) is 1. The van der Waals surface area contributed by atoms with Crippen LogP contribution in [0.1, 0.15) is 26.2 Å². The normalized spacial score (nSPS) is 15.6. The van der Waals surface area contributed by atoms with Crippen molar-refractivity contribution < 1.29 is 14.5 Å². The zero-order valence-corrected chi connectivity index (χ0v) is 14.4. The van der Waals surface area contributed by atoms with Crippen molar-refractivity contribution in [2.45, 2.75) is 37.1 Å². The van der Waals surface area contributed by atoms with E-state index in [4.69, 9.17) is 0 Å². The van der Waals surface area contributed by atoms with Gasteiger partial charge >= 0.3 is 0 Å². The molecule has 1 N–H and O–H groups in total. The number of nitrogens with one attached hydrogen (secondary N) is 1. The molecule has 1 atom stereocenters. The standard InChI is InChI=1S/C16H21N3O4S/c1-12(20)17-15(16(21)18-8-3-2-4-9-18)11-24-14-7-5-6-13(10-14)19(22)23/h5-7,10,15H,2-4,8-9,11H2,1H3,(H,17,20). The molecule has 1 fully saturated rings. The minimum atomic E-state index is -0.620. The maximum atomic E-state index is 12.6. The van der Waals surface area contributed by atoms with Crippen LogP contribution in [0.25, 0.3) is 0 Å². The smallest absolute Gasteiger partial charge is 0.270 e. The topological polar surface area (TPSA) is 92.5 Å². The number of benzene rings is 1. The fraction of sp³-hybridized carbons (Fsp3) is 0.500. The van der Waals surface area contributed by atoms with Crippen LogP contribution in [0.4, 0.5) is 5.69 Å². The first kappa shape index (κ1) is 18.3. The minimum Gasteiger partial charge on any atom is -0.344 e. The fourth-order valence-electron chi connectivity index (χ4n) is 2.62. The predicted molar refractivity (Wildman–Crippen MR) is 91.9 cm³/mol. The monoisotopic (exact) mass is 351 g/mol. The van der Waals surface area contributed by atoms with Crippen LogP contribution in [0.15, 0.2) is 29.2 Å². The lowest BCUT2D eigenvalue weighted by Crippen LogP contribution is -2.50. The third-order valence-electron chi connectivity index (χ3n) is 3.79. The van der Waals surface area contributed by atoms with Gasteiger partial charge < -0.3 is 10.2 Å². The van der Waals surface area contributed by atoms with E-state index in [9.17, 15) is 19.7 Å². The van der Waals surface area contributed by atoms with Crippen LogP contribution in [-0.4, -0.2) is 46.5 Å². The summed E-state index contributed by atoms with van der Waals surface area (Å²) in [6.07, 6.45) is 3.09. The van der Waals surface area contributed by atoms with Crippen molar-refractivity contribution >= 4 is 29.3 Å². The molecule has 2 rings (SSSR count). The van der Waals surface area contributed by atoms with Crippen molar-refractivity contribution in [1.29, 1.82) is 0 Å². The Hall–Kier alpha value is -2.09. The van der Waals surface area contributed by atoms with E-state index < -0.39 is 11.0 Å². The Bertz CT molecular complexity index is 617. The molecule has 130 valence electrons. The molecule has 1 unspecified atom stereocenters. The molecule has 1 saturated heterocycles. The second kappa shape index (κ2) is 8.68. The molecular formula is C16H21N3O4S. The second-order valence-corrected chi connectivity index (χ2v) is 6.80. The zero-order chi connectivity index (χ0) is 17.5. The number of nitro benzene ring substituents is 1. The molecular weight excluding hydrogens is 330 g/mol.